The number of aliphatic hydroxyl groups is 1. The third-order valence-corrected chi connectivity index (χ3v) is 4.45. The highest BCUT2D eigenvalue weighted by atomic mass is 32.2. The Hall–Kier alpha value is -1.30. The maximum atomic E-state index is 8.97. The Morgan fingerprint density at radius 3 is 2.83 bits per heavy atom. The van der Waals surface area contributed by atoms with E-state index in [1.807, 2.05) is 35.8 Å². The quantitative estimate of drug-likeness (QED) is 0.744. The van der Waals surface area contributed by atoms with Gasteiger partial charge in [0.1, 0.15) is 0 Å². The predicted octanol–water partition coefficient (Wildman–Crippen LogP) is 3.18. The first-order valence-electron chi connectivity index (χ1n) is 5.59. The van der Waals surface area contributed by atoms with Crippen molar-refractivity contribution in [3.8, 4) is 0 Å². The number of hydrogen-bond donors (Lipinski definition) is 1. The van der Waals surface area contributed by atoms with E-state index in [1.54, 1.807) is 23.1 Å². The van der Waals surface area contributed by atoms with Gasteiger partial charge in [-0.05, 0) is 17.7 Å². The van der Waals surface area contributed by atoms with Gasteiger partial charge in [0.25, 0.3) is 0 Å². The van der Waals surface area contributed by atoms with E-state index in [-0.39, 0.29) is 6.61 Å². The molecule has 18 heavy (non-hydrogen) atoms. The molecule has 1 aromatic carbocycles. The second-order valence-electron chi connectivity index (χ2n) is 3.92. The standard InChI is InChI=1S/C13H12N2OS2/c16-8-10-1-3-12(4-2-10)18-9-11-7-15-5-6-17-13(15)14-11/h1-7,16H,8-9H2. The number of aromatic nitrogens is 2. The Kier molecular flexibility index (Phi) is 3.36. The second-order valence-corrected chi connectivity index (χ2v) is 5.84. The molecule has 0 atom stereocenters. The van der Waals surface area contributed by atoms with Crippen LogP contribution in [0, 0.1) is 0 Å². The van der Waals surface area contributed by atoms with Crippen molar-refractivity contribution in [1.82, 2.24) is 9.38 Å². The van der Waals surface area contributed by atoms with E-state index < -0.39 is 0 Å². The molecule has 1 N–H and O–H groups in total. The molecule has 0 spiro atoms. The van der Waals surface area contributed by atoms with Gasteiger partial charge in [-0.1, -0.05) is 12.1 Å². The third kappa shape index (κ3) is 2.43. The van der Waals surface area contributed by atoms with Gasteiger partial charge in [0, 0.05) is 28.4 Å². The molecule has 0 bridgehead atoms. The molecule has 0 saturated carbocycles. The van der Waals surface area contributed by atoms with Crippen LogP contribution in [0.2, 0.25) is 0 Å². The summed E-state index contributed by atoms with van der Waals surface area (Å²) in [6.07, 6.45) is 4.10. The van der Waals surface area contributed by atoms with Crippen LogP contribution in [0.25, 0.3) is 4.96 Å². The number of thioether (sulfide) groups is 1. The lowest BCUT2D eigenvalue weighted by Gasteiger charge is -2.00. The predicted molar refractivity (Wildman–Crippen MR) is 75.0 cm³/mol. The summed E-state index contributed by atoms with van der Waals surface area (Å²) in [5.41, 5.74) is 2.04. The fourth-order valence-electron chi connectivity index (χ4n) is 1.69. The normalized spacial score (nSPS) is 11.2. The van der Waals surface area contributed by atoms with Gasteiger partial charge >= 0.3 is 0 Å². The minimum absolute atomic E-state index is 0.0995. The molecule has 0 radical (unpaired) electrons. The lowest BCUT2D eigenvalue weighted by atomic mass is 10.2. The fourth-order valence-corrected chi connectivity index (χ4v) is 3.20. The average molecular weight is 276 g/mol. The molecule has 3 nitrogen and oxygen atoms in total. The van der Waals surface area contributed by atoms with Crippen LogP contribution < -0.4 is 0 Å². The van der Waals surface area contributed by atoms with Crippen LogP contribution >= 0.6 is 23.1 Å². The van der Waals surface area contributed by atoms with Gasteiger partial charge < -0.3 is 5.11 Å². The molecule has 5 heteroatoms. The van der Waals surface area contributed by atoms with E-state index in [2.05, 4.69) is 15.6 Å². The summed E-state index contributed by atoms with van der Waals surface area (Å²) in [7, 11) is 0. The van der Waals surface area contributed by atoms with Crippen molar-refractivity contribution in [2.45, 2.75) is 17.3 Å². The topological polar surface area (TPSA) is 37.5 Å². The number of thiazole rings is 1. The zero-order valence-electron chi connectivity index (χ0n) is 9.61. The Labute approximate surface area is 113 Å². The summed E-state index contributed by atoms with van der Waals surface area (Å²) in [6, 6.07) is 7.98. The number of imidazole rings is 1. The van der Waals surface area contributed by atoms with Crippen LogP contribution in [0.15, 0.2) is 46.9 Å². The molecule has 2 aromatic heterocycles. The van der Waals surface area contributed by atoms with E-state index >= 15 is 0 Å². The highest BCUT2D eigenvalue weighted by Gasteiger charge is 2.03. The van der Waals surface area contributed by atoms with E-state index in [0.717, 1.165) is 22.0 Å². The fraction of sp³-hybridized carbons (Fsp3) is 0.154. The maximum absolute atomic E-state index is 8.97. The second kappa shape index (κ2) is 5.14. The molecule has 0 aliphatic rings. The molecule has 2 heterocycles. The maximum Gasteiger partial charge on any atom is 0.193 e. The van der Waals surface area contributed by atoms with Gasteiger partial charge in [0.05, 0.1) is 12.3 Å². The highest BCUT2D eigenvalue weighted by molar-refractivity contribution is 7.98. The zero-order chi connectivity index (χ0) is 12.4. The van der Waals surface area contributed by atoms with E-state index in [0.29, 0.717) is 0 Å². The largest absolute Gasteiger partial charge is 0.392 e. The monoisotopic (exact) mass is 276 g/mol. The summed E-state index contributed by atoms with van der Waals surface area (Å²) >= 11 is 3.41. The highest BCUT2D eigenvalue weighted by Crippen LogP contribution is 2.23. The molecule has 0 fully saturated rings. The summed E-state index contributed by atoms with van der Waals surface area (Å²) in [5, 5.41) is 11.0. The van der Waals surface area contributed by atoms with E-state index in [9.17, 15) is 0 Å². The van der Waals surface area contributed by atoms with Crippen molar-refractivity contribution in [3.63, 3.8) is 0 Å². The van der Waals surface area contributed by atoms with Crippen LogP contribution in [-0.4, -0.2) is 14.5 Å². The molecule has 0 amide bonds. The Morgan fingerprint density at radius 2 is 2.11 bits per heavy atom. The molecule has 0 saturated heterocycles. The van der Waals surface area contributed by atoms with Crippen LogP contribution in [0.4, 0.5) is 0 Å². The van der Waals surface area contributed by atoms with Crippen molar-refractivity contribution >= 4 is 28.1 Å². The number of aliphatic hydroxyl groups excluding tert-OH is 1. The third-order valence-electron chi connectivity index (χ3n) is 2.64. The number of nitrogens with zero attached hydrogens (tertiary/aromatic N) is 2. The van der Waals surface area contributed by atoms with Gasteiger partial charge in [-0.2, -0.15) is 0 Å². The van der Waals surface area contributed by atoms with Gasteiger partial charge in [-0.15, -0.1) is 23.1 Å². The van der Waals surface area contributed by atoms with Gasteiger partial charge in [-0.3, -0.25) is 4.40 Å². The van der Waals surface area contributed by atoms with Gasteiger partial charge in [-0.25, -0.2) is 4.98 Å². The molecule has 92 valence electrons. The first-order valence-corrected chi connectivity index (χ1v) is 7.45. The molecule has 0 aliphatic carbocycles. The van der Waals surface area contributed by atoms with Crippen molar-refractivity contribution in [1.29, 1.82) is 0 Å². The molecule has 3 rings (SSSR count). The average Bonchev–Trinajstić information content (AvgIpc) is 2.97. The molecule has 0 unspecified atom stereocenters. The Balaban J connectivity index is 1.68. The van der Waals surface area contributed by atoms with Gasteiger partial charge in [0.15, 0.2) is 4.96 Å². The molecular weight excluding hydrogens is 264 g/mol. The van der Waals surface area contributed by atoms with E-state index in [1.165, 1.54) is 4.90 Å². The minimum atomic E-state index is 0.0995. The van der Waals surface area contributed by atoms with Crippen molar-refractivity contribution in [2.75, 3.05) is 0 Å². The molecule has 3 aromatic rings. The minimum Gasteiger partial charge on any atom is -0.392 e. The van der Waals surface area contributed by atoms with Crippen LogP contribution in [0.1, 0.15) is 11.3 Å². The summed E-state index contributed by atoms with van der Waals surface area (Å²) < 4.78 is 2.05. The van der Waals surface area contributed by atoms with Crippen molar-refractivity contribution < 1.29 is 5.11 Å². The SMILES string of the molecule is OCc1ccc(SCc2cn3ccsc3n2)cc1. The Bertz CT molecular complexity index is 614. The van der Waals surface area contributed by atoms with Crippen LogP contribution in [0.3, 0.4) is 0 Å². The number of hydrogen-bond acceptors (Lipinski definition) is 4. The summed E-state index contributed by atoms with van der Waals surface area (Å²) in [4.78, 5) is 6.78. The van der Waals surface area contributed by atoms with E-state index in [4.69, 9.17) is 5.11 Å². The first kappa shape index (κ1) is 11.8. The first-order chi connectivity index (χ1) is 8.85. The number of fused-ring (bicyclic) bond motifs is 1. The van der Waals surface area contributed by atoms with Gasteiger partial charge in [0.2, 0.25) is 0 Å². The summed E-state index contributed by atoms with van der Waals surface area (Å²) in [5.74, 6) is 0.868. The van der Waals surface area contributed by atoms with Crippen molar-refractivity contribution in [2.24, 2.45) is 0 Å². The lowest BCUT2D eigenvalue weighted by molar-refractivity contribution is 0.282. The smallest absolute Gasteiger partial charge is 0.193 e. The number of benzene rings is 1. The lowest BCUT2D eigenvalue weighted by Crippen LogP contribution is -1.83. The summed E-state index contributed by atoms with van der Waals surface area (Å²) in [6.45, 7) is 0.0995. The zero-order valence-corrected chi connectivity index (χ0v) is 11.2. The molecular formula is C13H12N2OS2. The molecule has 0 aliphatic heterocycles. The van der Waals surface area contributed by atoms with Crippen LogP contribution in [-0.2, 0) is 12.4 Å². The Morgan fingerprint density at radius 1 is 1.28 bits per heavy atom. The van der Waals surface area contributed by atoms with Crippen molar-refractivity contribution in [3.05, 3.63) is 53.3 Å². The number of rotatable bonds is 4. The van der Waals surface area contributed by atoms with Crippen LogP contribution in [0.5, 0.6) is 0 Å².